The Balaban J connectivity index is 2.34. The summed E-state index contributed by atoms with van der Waals surface area (Å²) in [4.78, 5) is 15.3. The van der Waals surface area contributed by atoms with Gasteiger partial charge in [0.25, 0.3) is 0 Å². The number of nitrogens with zero attached hydrogens (tertiary/aromatic N) is 1. The largest absolute Gasteiger partial charge is 0.350 e. The van der Waals surface area contributed by atoms with E-state index < -0.39 is 5.92 Å². The van der Waals surface area contributed by atoms with Crippen LogP contribution in [0.4, 0.5) is 10.1 Å². The Morgan fingerprint density at radius 1 is 1.19 bits per heavy atom. The zero-order valence-electron chi connectivity index (χ0n) is 20.1. The monoisotopic (exact) mass is 455 g/mol. The Labute approximate surface area is 197 Å². The highest BCUT2D eigenvalue weighted by atomic mass is 35.5. The average molecular weight is 456 g/mol. The number of halogens is 2. The maximum absolute atomic E-state index is 14.5. The van der Waals surface area contributed by atoms with Crippen molar-refractivity contribution in [1.82, 2.24) is 0 Å². The molecule has 0 radical (unpaired) electrons. The summed E-state index contributed by atoms with van der Waals surface area (Å²) in [6, 6.07) is 11.0. The molecule has 0 saturated carbocycles. The summed E-state index contributed by atoms with van der Waals surface area (Å²) < 4.78 is 14.5. The van der Waals surface area contributed by atoms with Crippen molar-refractivity contribution in [2.45, 2.75) is 59.8 Å². The van der Waals surface area contributed by atoms with Crippen LogP contribution in [0.5, 0.6) is 0 Å². The highest BCUT2D eigenvalue weighted by molar-refractivity contribution is 6.33. The lowest BCUT2D eigenvalue weighted by molar-refractivity contribution is -0.116. The van der Waals surface area contributed by atoms with Gasteiger partial charge in [0.15, 0.2) is 5.78 Å². The predicted molar refractivity (Wildman–Crippen MR) is 135 cm³/mol. The molecule has 32 heavy (non-hydrogen) atoms. The van der Waals surface area contributed by atoms with Crippen molar-refractivity contribution in [1.29, 1.82) is 0 Å². The lowest BCUT2D eigenvalue weighted by Gasteiger charge is -2.24. The van der Waals surface area contributed by atoms with E-state index in [4.69, 9.17) is 11.6 Å². The molecule has 0 spiro atoms. The molecular formula is C28H35ClFNO. The van der Waals surface area contributed by atoms with Crippen LogP contribution in [0.25, 0.3) is 0 Å². The van der Waals surface area contributed by atoms with Crippen molar-refractivity contribution in [2.75, 3.05) is 11.9 Å². The topological polar surface area (TPSA) is 20.3 Å². The van der Waals surface area contributed by atoms with Crippen molar-refractivity contribution in [2.24, 2.45) is 5.92 Å². The SMILES string of the molecule is C=C(C(=O)C(C)c1ccc(CCC)c(F)c1)/C(=C\N(C)c1ccc(C)cc1Cl)C(C)CC. The summed E-state index contributed by atoms with van der Waals surface area (Å²) in [6.45, 7) is 14.2. The zero-order valence-corrected chi connectivity index (χ0v) is 20.9. The van der Waals surface area contributed by atoms with Crippen molar-refractivity contribution in [3.8, 4) is 0 Å². The van der Waals surface area contributed by atoms with Gasteiger partial charge in [-0.25, -0.2) is 4.39 Å². The molecule has 0 heterocycles. The molecule has 2 atom stereocenters. The number of hydrogen-bond acceptors (Lipinski definition) is 2. The van der Waals surface area contributed by atoms with Gasteiger partial charge in [-0.1, -0.05) is 70.5 Å². The molecule has 2 nitrogen and oxygen atoms in total. The molecule has 0 N–H and O–H groups in total. The molecule has 0 aromatic heterocycles. The van der Waals surface area contributed by atoms with Gasteiger partial charge in [-0.2, -0.15) is 0 Å². The second-order valence-corrected chi connectivity index (χ2v) is 9.03. The normalized spacial score (nSPS) is 13.6. The number of aryl methyl sites for hydroxylation is 2. The first-order valence-electron chi connectivity index (χ1n) is 11.3. The van der Waals surface area contributed by atoms with Gasteiger partial charge >= 0.3 is 0 Å². The molecule has 0 aliphatic carbocycles. The van der Waals surface area contributed by atoms with E-state index in [0.29, 0.717) is 28.1 Å². The first-order chi connectivity index (χ1) is 15.1. The Morgan fingerprint density at radius 3 is 2.44 bits per heavy atom. The van der Waals surface area contributed by atoms with Gasteiger partial charge in [-0.05, 0) is 66.1 Å². The number of carbonyl (C=O) groups excluding carboxylic acids is 1. The van der Waals surface area contributed by atoms with Crippen LogP contribution in [-0.4, -0.2) is 12.8 Å². The van der Waals surface area contributed by atoms with Gasteiger partial charge < -0.3 is 4.90 Å². The molecule has 2 aromatic carbocycles. The summed E-state index contributed by atoms with van der Waals surface area (Å²) >= 11 is 6.45. The summed E-state index contributed by atoms with van der Waals surface area (Å²) in [5.74, 6) is -0.689. The number of allylic oxidation sites excluding steroid dienone is 2. The van der Waals surface area contributed by atoms with Crippen molar-refractivity contribution < 1.29 is 9.18 Å². The molecule has 0 aliphatic heterocycles. The van der Waals surface area contributed by atoms with E-state index in [-0.39, 0.29) is 17.5 Å². The lowest BCUT2D eigenvalue weighted by atomic mass is 9.84. The van der Waals surface area contributed by atoms with Crippen LogP contribution in [0.1, 0.15) is 63.1 Å². The Kier molecular flexibility index (Phi) is 9.27. The summed E-state index contributed by atoms with van der Waals surface area (Å²) in [5.41, 5.74) is 4.63. The first-order valence-corrected chi connectivity index (χ1v) is 11.7. The lowest BCUT2D eigenvalue weighted by Crippen LogP contribution is -2.19. The van der Waals surface area contributed by atoms with Gasteiger partial charge in [-0.3, -0.25) is 4.79 Å². The van der Waals surface area contributed by atoms with Crippen LogP contribution < -0.4 is 4.90 Å². The Hall–Kier alpha value is -2.39. The maximum atomic E-state index is 14.5. The zero-order chi connectivity index (χ0) is 24.0. The molecular weight excluding hydrogens is 421 g/mol. The molecule has 0 fully saturated rings. The predicted octanol–water partition coefficient (Wildman–Crippen LogP) is 8.04. The van der Waals surface area contributed by atoms with Crippen molar-refractivity contribution in [3.63, 3.8) is 0 Å². The van der Waals surface area contributed by atoms with Crippen LogP contribution in [0.3, 0.4) is 0 Å². The third-order valence-corrected chi connectivity index (χ3v) is 6.40. The number of anilines is 1. The molecule has 0 amide bonds. The molecule has 4 heteroatoms. The molecule has 2 rings (SSSR count). The minimum Gasteiger partial charge on any atom is -0.350 e. The van der Waals surface area contributed by atoms with Crippen LogP contribution in [0.15, 0.2) is 60.3 Å². The Morgan fingerprint density at radius 2 is 1.88 bits per heavy atom. The van der Waals surface area contributed by atoms with Gasteiger partial charge in [0.05, 0.1) is 10.7 Å². The van der Waals surface area contributed by atoms with Crippen molar-refractivity contribution in [3.05, 3.63) is 87.9 Å². The van der Waals surface area contributed by atoms with Gasteiger partial charge in [0.2, 0.25) is 0 Å². The summed E-state index contributed by atoms with van der Waals surface area (Å²) in [6.07, 6.45) is 4.38. The van der Waals surface area contributed by atoms with E-state index in [1.54, 1.807) is 6.07 Å². The molecule has 2 unspecified atom stereocenters. The fourth-order valence-electron chi connectivity index (χ4n) is 3.76. The minimum atomic E-state index is -0.478. The maximum Gasteiger partial charge on any atom is 0.169 e. The number of Topliss-reactive ketones (excluding diaryl/α,β-unsaturated/α-hetero) is 1. The first kappa shape index (κ1) is 25.9. The Bertz CT molecular complexity index is 1010. The molecule has 0 aliphatic rings. The number of ketones is 1. The van der Waals surface area contributed by atoms with E-state index >= 15 is 0 Å². The van der Waals surface area contributed by atoms with Crippen LogP contribution in [0.2, 0.25) is 5.02 Å². The number of carbonyl (C=O) groups is 1. The number of benzene rings is 2. The summed E-state index contributed by atoms with van der Waals surface area (Å²) in [7, 11) is 1.92. The van der Waals surface area contributed by atoms with Gasteiger partial charge in [0.1, 0.15) is 5.82 Å². The quantitative estimate of drug-likeness (QED) is 0.267. The highest BCUT2D eigenvalue weighted by Crippen LogP contribution is 2.32. The van der Waals surface area contributed by atoms with Gasteiger partial charge in [0, 0.05) is 24.7 Å². The standard InChI is InChI=1S/C28H35ClFNO/c1-8-10-22-12-13-23(16-26(22)30)20(5)28(32)21(6)24(19(4)9-2)17-31(7)27-14-11-18(3)15-25(27)29/h11-17,19-20H,6,8-10H2,1-5,7H3/b24-17-. The van der Waals surface area contributed by atoms with E-state index in [9.17, 15) is 9.18 Å². The molecule has 0 bridgehead atoms. The van der Waals surface area contributed by atoms with Crippen LogP contribution >= 0.6 is 11.6 Å². The fraction of sp³-hybridized carbons (Fsp3) is 0.393. The van der Waals surface area contributed by atoms with Crippen LogP contribution in [-0.2, 0) is 11.2 Å². The van der Waals surface area contributed by atoms with Gasteiger partial charge in [-0.15, -0.1) is 0 Å². The second-order valence-electron chi connectivity index (χ2n) is 8.62. The fourth-order valence-corrected chi connectivity index (χ4v) is 4.13. The molecule has 0 saturated heterocycles. The molecule has 2 aromatic rings. The van der Waals surface area contributed by atoms with E-state index in [1.165, 1.54) is 6.07 Å². The smallest absolute Gasteiger partial charge is 0.169 e. The van der Waals surface area contributed by atoms with E-state index in [0.717, 1.165) is 29.7 Å². The van der Waals surface area contributed by atoms with E-state index in [1.807, 2.05) is 63.2 Å². The number of hydrogen-bond donors (Lipinski definition) is 0. The van der Waals surface area contributed by atoms with Crippen LogP contribution in [0, 0.1) is 18.7 Å². The third kappa shape index (κ3) is 6.10. The van der Waals surface area contributed by atoms with E-state index in [2.05, 4.69) is 20.4 Å². The minimum absolute atomic E-state index is 0.0948. The third-order valence-electron chi connectivity index (χ3n) is 6.09. The average Bonchev–Trinajstić information content (AvgIpc) is 2.76. The number of rotatable bonds is 10. The highest BCUT2D eigenvalue weighted by Gasteiger charge is 2.24. The summed E-state index contributed by atoms with van der Waals surface area (Å²) in [5, 5.41) is 0.653. The molecule has 172 valence electrons. The second kappa shape index (κ2) is 11.5. The van der Waals surface area contributed by atoms with Crippen molar-refractivity contribution >= 4 is 23.1 Å².